The number of carbonyl (C=O) groups excluding carboxylic acids is 2. The van der Waals surface area contributed by atoms with Crippen LogP contribution in [-0.2, 0) is 17.0 Å². The van der Waals surface area contributed by atoms with Crippen LogP contribution in [0.15, 0.2) is 54.6 Å². The molecule has 1 aromatic heterocycles. The largest absolute Gasteiger partial charge is 0.480 e. The van der Waals surface area contributed by atoms with E-state index in [1.807, 2.05) is 43.5 Å². The molecule has 0 aliphatic rings. The summed E-state index contributed by atoms with van der Waals surface area (Å²) >= 11 is 1.48. The summed E-state index contributed by atoms with van der Waals surface area (Å²) in [5.41, 5.74) is 2.55. The first kappa shape index (κ1) is 24.0. The van der Waals surface area contributed by atoms with Gasteiger partial charge >= 0.3 is 5.97 Å². The fraction of sp³-hybridized carbons (Fsp3) is 0.261. The van der Waals surface area contributed by atoms with Crippen molar-refractivity contribution < 1.29 is 19.5 Å². The van der Waals surface area contributed by atoms with Gasteiger partial charge in [0.05, 0.1) is 11.4 Å². The van der Waals surface area contributed by atoms with Gasteiger partial charge in [0.1, 0.15) is 6.04 Å². The highest BCUT2D eigenvalue weighted by Crippen LogP contribution is 2.19. The number of amides is 2. The van der Waals surface area contributed by atoms with E-state index in [4.69, 9.17) is 0 Å². The number of benzene rings is 2. The second-order valence-electron chi connectivity index (χ2n) is 7.19. The monoisotopic (exact) mass is 467 g/mol. The van der Waals surface area contributed by atoms with E-state index in [1.54, 1.807) is 24.3 Å². The molecule has 0 unspecified atom stereocenters. The third kappa shape index (κ3) is 5.98. The molecule has 3 aromatic rings. The van der Waals surface area contributed by atoms with Crippen molar-refractivity contribution in [2.75, 3.05) is 12.8 Å². The number of carbonyl (C=O) groups is 3. The fourth-order valence-electron chi connectivity index (χ4n) is 3.24. The summed E-state index contributed by atoms with van der Waals surface area (Å²) in [6.07, 6.45) is 2.03. The van der Waals surface area contributed by atoms with E-state index in [9.17, 15) is 19.5 Å². The molecule has 0 saturated heterocycles. The first-order chi connectivity index (χ1) is 15.9. The Morgan fingerprint density at radius 1 is 1.06 bits per heavy atom. The quantitative estimate of drug-likeness (QED) is 0.418. The highest BCUT2D eigenvalue weighted by Gasteiger charge is 2.26. The number of carboxylic acid groups (broad SMARTS) is 1. The normalized spacial score (nSPS) is 11.6. The van der Waals surface area contributed by atoms with Gasteiger partial charge in [-0.05, 0) is 43.0 Å². The lowest BCUT2D eigenvalue weighted by Crippen LogP contribution is -2.42. The Kier molecular flexibility index (Phi) is 8.20. The molecule has 0 radical (unpaired) electrons. The van der Waals surface area contributed by atoms with Gasteiger partial charge in [-0.1, -0.05) is 35.5 Å². The zero-order valence-corrected chi connectivity index (χ0v) is 19.1. The maximum absolute atomic E-state index is 13.0. The van der Waals surface area contributed by atoms with Gasteiger partial charge in [0.15, 0.2) is 5.69 Å². The summed E-state index contributed by atoms with van der Waals surface area (Å²) in [6, 6.07) is 14.8. The first-order valence-corrected chi connectivity index (χ1v) is 11.7. The van der Waals surface area contributed by atoms with E-state index in [1.165, 1.54) is 16.4 Å². The summed E-state index contributed by atoms with van der Waals surface area (Å²) in [7, 11) is 0. The Bertz CT molecular complexity index is 1120. The minimum atomic E-state index is -1.13. The Labute approximate surface area is 195 Å². The van der Waals surface area contributed by atoms with Crippen LogP contribution < -0.4 is 10.6 Å². The molecule has 0 spiro atoms. The molecule has 1 heterocycles. The van der Waals surface area contributed by atoms with Crippen LogP contribution in [-0.4, -0.2) is 56.7 Å². The smallest absolute Gasteiger partial charge is 0.326 e. The van der Waals surface area contributed by atoms with Crippen LogP contribution in [0.3, 0.4) is 0 Å². The highest BCUT2D eigenvalue weighted by molar-refractivity contribution is 7.97. The lowest BCUT2D eigenvalue weighted by Gasteiger charge is -2.14. The van der Waals surface area contributed by atoms with E-state index in [0.29, 0.717) is 29.2 Å². The van der Waals surface area contributed by atoms with Crippen LogP contribution in [0.1, 0.15) is 39.0 Å². The minimum Gasteiger partial charge on any atom is -0.480 e. The number of aliphatic carboxylic acids is 1. The maximum atomic E-state index is 13.0. The van der Waals surface area contributed by atoms with Crippen LogP contribution in [0.5, 0.6) is 0 Å². The molecule has 3 rings (SSSR count). The summed E-state index contributed by atoms with van der Waals surface area (Å²) in [5, 5.41) is 23.1. The van der Waals surface area contributed by atoms with Crippen LogP contribution >= 0.6 is 11.8 Å². The number of hydrogen-bond acceptors (Lipinski definition) is 6. The average Bonchev–Trinajstić information content (AvgIpc) is 3.23. The Morgan fingerprint density at radius 2 is 1.76 bits per heavy atom. The number of aromatic nitrogens is 3. The second kappa shape index (κ2) is 11.3. The van der Waals surface area contributed by atoms with E-state index >= 15 is 0 Å². The van der Waals surface area contributed by atoms with Crippen molar-refractivity contribution in [2.24, 2.45) is 0 Å². The molecule has 9 nitrogen and oxygen atoms in total. The number of thioether (sulfide) groups is 1. The Morgan fingerprint density at radius 3 is 2.36 bits per heavy atom. The van der Waals surface area contributed by atoms with Crippen molar-refractivity contribution in [1.29, 1.82) is 0 Å². The molecule has 0 aliphatic heterocycles. The van der Waals surface area contributed by atoms with E-state index in [-0.39, 0.29) is 18.0 Å². The minimum absolute atomic E-state index is 0.0662. The van der Waals surface area contributed by atoms with Gasteiger partial charge in [-0.15, -0.1) is 5.10 Å². The van der Waals surface area contributed by atoms with Crippen LogP contribution in [0.25, 0.3) is 5.69 Å². The van der Waals surface area contributed by atoms with Gasteiger partial charge in [0, 0.05) is 24.3 Å². The van der Waals surface area contributed by atoms with Crippen molar-refractivity contribution in [1.82, 2.24) is 25.6 Å². The molecule has 0 saturated carbocycles. The highest BCUT2D eigenvalue weighted by atomic mass is 32.2. The lowest BCUT2D eigenvalue weighted by atomic mass is 10.1. The van der Waals surface area contributed by atoms with Crippen molar-refractivity contribution in [2.45, 2.75) is 25.1 Å². The maximum Gasteiger partial charge on any atom is 0.326 e. The molecule has 0 bridgehead atoms. The SMILES string of the molecule is CCNC(=O)c1ccc(-n2nnc(C(=O)N[C@@H](Cc3ccccc3)C(=O)O)c2CSC)cc1. The Hall–Kier alpha value is -3.66. The third-order valence-electron chi connectivity index (χ3n) is 4.86. The molecule has 2 amide bonds. The van der Waals surface area contributed by atoms with E-state index in [2.05, 4.69) is 20.9 Å². The van der Waals surface area contributed by atoms with E-state index in [0.717, 1.165) is 5.56 Å². The predicted molar refractivity (Wildman–Crippen MR) is 126 cm³/mol. The molecular formula is C23H25N5O4S. The first-order valence-electron chi connectivity index (χ1n) is 10.3. The van der Waals surface area contributed by atoms with Crippen LogP contribution in [0, 0.1) is 0 Å². The third-order valence-corrected chi connectivity index (χ3v) is 5.42. The van der Waals surface area contributed by atoms with Crippen molar-refractivity contribution in [3.63, 3.8) is 0 Å². The van der Waals surface area contributed by atoms with Gasteiger partial charge in [0.2, 0.25) is 0 Å². The summed E-state index contributed by atoms with van der Waals surface area (Å²) in [6.45, 7) is 2.37. The summed E-state index contributed by atoms with van der Waals surface area (Å²) in [5.74, 6) is -1.48. The summed E-state index contributed by atoms with van der Waals surface area (Å²) in [4.78, 5) is 36.7. The molecular weight excluding hydrogens is 442 g/mol. The molecule has 0 fully saturated rings. The van der Waals surface area contributed by atoms with Gasteiger partial charge in [-0.2, -0.15) is 11.8 Å². The average molecular weight is 468 g/mol. The number of carboxylic acids is 1. The van der Waals surface area contributed by atoms with Gasteiger partial charge in [-0.25, -0.2) is 9.48 Å². The number of nitrogens with one attached hydrogen (secondary N) is 2. The molecule has 1 atom stereocenters. The second-order valence-corrected chi connectivity index (χ2v) is 8.06. The topological polar surface area (TPSA) is 126 Å². The van der Waals surface area contributed by atoms with Gasteiger partial charge in [0.25, 0.3) is 11.8 Å². The van der Waals surface area contributed by atoms with Crippen LogP contribution in [0.2, 0.25) is 0 Å². The van der Waals surface area contributed by atoms with Gasteiger partial charge < -0.3 is 15.7 Å². The molecule has 10 heteroatoms. The molecule has 33 heavy (non-hydrogen) atoms. The summed E-state index contributed by atoms with van der Waals surface area (Å²) < 4.78 is 1.53. The number of nitrogens with zero attached hydrogens (tertiary/aromatic N) is 3. The molecule has 2 aromatic carbocycles. The zero-order valence-electron chi connectivity index (χ0n) is 18.3. The lowest BCUT2D eigenvalue weighted by molar-refractivity contribution is -0.139. The van der Waals surface area contributed by atoms with Crippen molar-refractivity contribution in [3.8, 4) is 5.69 Å². The number of hydrogen-bond donors (Lipinski definition) is 3. The predicted octanol–water partition coefficient (Wildman–Crippen LogP) is 2.31. The van der Waals surface area contributed by atoms with Crippen LogP contribution in [0.4, 0.5) is 0 Å². The van der Waals surface area contributed by atoms with Crippen molar-refractivity contribution >= 4 is 29.5 Å². The van der Waals surface area contributed by atoms with Crippen molar-refractivity contribution in [3.05, 3.63) is 77.1 Å². The standard InChI is InChI=1S/C23H25N5O4S/c1-3-24-21(29)16-9-11-17(12-10-16)28-19(14-33-2)20(26-27-28)22(30)25-18(23(31)32)13-15-7-5-4-6-8-15/h4-12,18H,3,13-14H2,1-2H3,(H,24,29)(H,25,30)(H,31,32)/t18-/m0/s1. The number of rotatable bonds is 10. The zero-order chi connectivity index (χ0) is 23.8. The van der Waals surface area contributed by atoms with Gasteiger partial charge in [-0.3, -0.25) is 9.59 Å². The fourth-order valence-corrected chi connectivity index (χ4v) is 3.78. The molecule has 0 aliphatic carbocycles. The van der Waals surface area contributed by atoms with E-state index < -0.39 is 17.9 Å². The molecule has 172 valence electrons. The molecule has 3 N–H and O–H groups in total. The Balaban J connectivity index is 1.84.